The van der Waals surface area contributed by atoms with E-state index in [0.29, 0.717) is 6.04 Å². The van der Waals surface area contributed by atoms with Gasteiger partial charge in [0.25, 0.3) is 0 Å². The van der Waals surface area contributed by atoms with E-state index in [1.165, 1.54) is 17.7 Å². The lowest BCUT2D eigenvalue weighted by Crippen LogP contribution is -2.33. The zero-order chi connectivity index (χ0) is 13.5. The molecule has 0 spiro atoms. The molecule has 102 valence electrons. The van der Waals surface area contributed by atoms with Crippen molar-refractivity contribution in [1.82, 2.24) is 0 Å². The number of nitrogens with two attached hydrogens (primary N) is 1. The second kappa shape index (κ2) is 7.42. The average molecular weight is 248 g/mol. The first-order valence-electron chi connectivity index (χ1n) is 7.24. The molecule has 2 N–H and O–H groups in total. The summed E-state index contributed by atoms with van der Waals surface area (Å²) in [5, 5.41) is 0. The van der Waals surface area contributed by atoms with Crippen LogP contribution in [0.2, 0.25) is 0 Å². The highest BCUT2D eigenvalue weighted by Crippen LogP contribution is 2.24. The molecule has 0 bridgehead atoms. The maximum Gasteiger partial charge on any atom is 0.0401 e. The lowest BCUT2D eigenvalue weighted by molar-refractivity contribution is 0.615. The molecule has 2 atom stereocenters. The summed E-state index contributed by atoms with van der Waals surface area (Å²) in [6, 6.07) is 9.53. The van der Waals surface area contributed by atoms with Gasteiger partial charge in [0, 0.05) is 24.3 Å². The van der Waals surface area contributed by atoms with Crippen LogP contribution in [0, 0.1) is 0 Å². The Labute approximate surface area is 112 Å². The van der Waals surface area contributed by atoms with Crippen molar-refractivity contribution in [2.75, 3.05) is 11.4 Å². The van der Waals surface area contributed by atoms with Crippen LogP contribution < -0.4 is 10.6 Å². The van der Waals surface area contributed by atoms with E-state index in [1.807, 2.05) is 0 Å². The maximum atomic E-state index is 6.11. The molecule has 2 nitrogen and oxygen atoms in total. The van der Waals surface area contributed by atoms with E-state index in [0.717, 1.165) is 19.4 Å². The molecule has 2 heteroatoms. The third-order valence-electron chi connectivity index (χ3n) is 3.77. The summed E-state index contributed by atoms with van der Waals surface area (Å²) in [5.41, 5.74) is 8.85. The van der Waals surface area contributed by atoms with E-state index < -0.39 is 0 Å². The van der Waals surface area contributed by atoms with Crippen LogP contribution in [0.4, 0.5) is 5.69 Å². The summed E-state index contributed by atoms with van der Waals surface area (Å²) >= 11 is 0. The Hall–Kier alpha value is -1.02. The van der Waals surface area contributed by atoms with E-state index >= 15 is 0 Å². The minimum Gasteiger partial charge on any atom is -0.369 e. The maximum absolute atomic E-state index is 6.11. The van der Waals surface area contributed by atoms with Crippen LogP contribution in [0.5, 0.6) is 0 Å². The SMILES string of the molecule is CCC(N)Cc1ccccc1N(CC)C(C)CC. The van der Waals surface area contributed by atoms with Gasteiger partial charge in [-0.1, -0.05) is 32.0 Å². The zero-order valence-corrected chi connectivity index (χ0v) is 12.3. The lowest BCUT2D eigenvalue weighted by Gasteiger charge is -2.32. The highest BCUT2D eigenvalue weighted by Gasteiger charge is 2.15. The minimum absolute atomic E-state index is 0.266. The molecule has 1 aromatic carbocycles. The predicted octanol–water partition coefficient (Wildman–Crippen LogP) is 3.59. The molecule has 0 aliphatic heterocycles. The van der Waals surface area contributed by atoms with E-state index in [4.69, 9.17) is 5.73 Å². The summed E-state index contributed by atoms with van der Waals surface area (Å²) in [6.45, 7) is 9.96. The van der Waals surface area contributed by atoms with Crippen molar-refractivity contribution in [2.45, 2.75) is 59.0 Å². The Morgan fingerprint density at radius 1 is 1.11 bits per heavy atom. The second-order valence-corrected chi connectivity index (χ2v) is 5.04. The van der Waals surface area contributed by atoms with Crippen LogP contribution in [-0.2, 0) is 6.42 Å². The third kappa shape index (κ3) is 3.74. The van der Waals surface area contributed by atoms with E-state index in [1.54, 1.807) is 0 Å². The van der Waals surface area contributed by atoms with Crippen LogP contribution in [0.15, 0.2) is 24.3 Å². The first-order valence-corrected chi connectivity index (χ1v) is 7.24. The van der Waals surface area contributed by atoms with Gasteiger partial charge in [0.2, 0.25) is 0 Å². The molecule has 0 radical (unpaired) electrons. The summed E-state index contributed by atoms with van der Waals surface area (Å²) in [5.74, 6) is 0. The first kappa shape index (κ1) is 15.0. The number of rotatable bonds is 7. The van der Waals surface area contributed by atoms with Crippen molar-refractivity contribution < 1.29 is 0 Å². The first-order chi connectivity index (χ1) is 8.63. The zero-order valence-electron chi connectivity index (χ0n) is 12.3. The number of benzene rings is 1. The van der Waals surface area contributed by atoms with Gasteiger partial charge in [0.05, 0.1) is 0 Å². The molecule has 1 rings (SSSR count). The quantitative estimate of drug-likeness (QED) is 0.799. The van der Waals surface area contributed by atoms with Crippen molar-refractivity contribution in [1.29, 1.82) is 0 Å². The van der Waals surface area contributed by atoms with Crippen LogP contribution in [-0.4, -0.2) is 18.6 Å². The van der Waals surface area contributed by atoms with Crippen LogP contribution in [0.3, 0.4) is 0 Å². The van der Waals surface area contributed by atoms with Gasteiger partial charge in [-0.25, -0.2) is 0 Å². The minimum atomic E-state index is 0.266. The van der Waals surface area contributed by atoms with Crippen molar-refractivity contribution in [3.8, 4) is 0 Å². The molecule has 18 heavy (non-hydrogen) atoms. The van der Waals surface area contributed by atoms with Gasteiger partial charge >= 0.3 is 0 Å². The highest BCUT2D eigenvalue weighted by molar-refractivity contribution is 5.54. The standard InChI is InChI=1S/C16H28N2/c1-5-13(4)18(7-3)16-11-9-8-10-14(16)12-15(17)6-2/h8-11,13,15H,5-7,12,17H2,1-4H3. The normalized spacial score (nSPS) is 14.3. The molecule has 1 aromatic rings. The Balaban J connectivity index is 2.99. The fourth-order valence-electron chi connectivity index (χ4n) is 2.33. The van der Waals surface area contributed by atoms with Crippen molar-refractivity contribution in [3.05, 3.63) is 29.8 Å². The Morgan fingerprint density at radius 2 is 1.78 bits per heavy atom. The van der Waals surface area contributed by atoms with Crippen LogP contribution in [0.1, 0.15) is 46.1 Å². The summed E-state index contributed by atoms with van der Waals surface area (Å²) in [4.78, 5) is 2.48. The molecule has 0 aliphatic rings. The Kier molecular flexibility index (Phi) is 6.20. The van der Waals surface area contributed by atoms with Gasteiger partial charge in [0.15, 0.2) is 0 Å². The molecular formula is C16H28N2. The fourth-order valence-corrected chi connectivity index (χ4v) is 2.33. The smallest absolute Gasteiger partial charge is 0.0401 e. The van der Waals surface area contributed by atoms with E-state index in [2.05, 4.69) is 56.9 Å². The summed E-state index contributed by atoms with van der Waals surface area (Å²) < 4.78 is 0. The molecule has 0 aromatic heterocycles. The Bertz CT molecular complexity index is 349. The molecule has 0 fully saturated rings. The molecule has 0 saturated carbocycles. The molecule has 0 saturated heterocycles. The third-order valence-corrected chi connectivity index (χ3v) is 3.77. The molecule has 0 heterocycles. The van der Waals surface area contributed by atoms with Crippen molar-refractivity contribution in [3.63, 3.8) is 0 Å². The number of para-hydroxylation sites is 1. The number of hydrogen-bond donors (Lipinski definition) is 1. The van der Waals surface area contributed by atoms with Crippen LogP contribution >= 0.6 is 0 Å². The van der Waals surface area contributed by atoms with Gasteiger partial charge < -0.3 is 10.6 Å². The number of hydrogen-bond acceptors (Lipinski definition) is 2. The van der Waals surface area contributed by atoms with Gasteiger partial charge in [-0.15, -0.1) is 0 Å². The monoisotopic (exact) mass is 248 g/mol. The molecule has 2 unspecified atom stereocenters. The van der Waals surface area contributed by atoms with Crippen molar-refractivity contribution >= 4 is 5.69 Å². The number of anilines is 1. The number of nitrogens with zero attached hydrogens (tertiary/aromatic N) is 1. The van der Waals surface area contributed by atoms with E-state index in [-0.39, 0.29) is 6.04 Å². The topological polar surface area (TPSA) is 29.3 Å². The van der Waals surface area contributed by atoms with Crippen LogP contribution in [0.25, 0.3) is 0 Å². The average Bonchev–Trinajstić information content (AvgIpc) is 2.41. The largest absolute Gasteiger partial charge is 0.369 e. The summed E-state index contributed by atoms with van der Waals surface area (Å²) in [6.07, 6.45) is 3.17. The predicted molar refractivity (Wildman–Crippen MR) is 81.2 cm³/mol. The van der Waals surface area contributed by atoms with Gasteiger partial charge in [-0.05, 0) is 44.7 Å². The van der Waals surface area contributed by atoms with Gasteiger partial charge in [-0.2, -0.15) is 0 Å². The fraction of sp³-hybridized carbons (Fsp3) is 0.625. The second-order valence-electron chi connectivity index (χ2n) is 5.04. The molecular weight excluding hydrogens is 220 g/mol. The van der Waals surface area contributed by atoms with Gasteiger partial charge in [0.1, 0.15) is 0 Å². The molecule has 0 aliphatic carbocycles. The highest BCUT2D eigenvalue weighted by atomic mass is 15.2. The lowest BCUT2D eigenvalue weighted by atomic mass is 10.0. The van der Waals surface area contributed by atoms with Crippen molar-refractivity contribution in [2.24, 2.45) is 5.73 Å². The molecule has 0 amide bonds. The summed E-state index contributed by atoms with van der Waals surface area (Å²) in [7, 11) is 0. The van der Waals surface area contributed by atoms with Gasteiger partial charge in [-0.3, -0.25) is 0 Å². The van der Waals surface area contributed by atoms with E-state index in [9.17, 15) is 0 Å². The Morgan fingerprint density at radius 3 is 2.33 bits per heavy atom.